The smallest absolute Gasteiger partial charge is 0.377 e. The van der Waals surface area contributed by atoms with E-state index in [1.165, 1.54) is 23.7 Å². The Morgan fingerprint density at radius 2 is 1.52 bits per heavy atom. The molecule has 0 amide bonds. The second-order valence-electron chi connectivity index (χ2n) is 6.81. The van der Waals surface area contributed by atoms with Gasteiger partial charge in [-0.15, -0.1) is 11.3 Å². The molecule has 164 valence electrons. The molecule has 31 heavy (non-hydrogen) atoms. The normalized spacial score (nSPS) is 12.1. The van der Waals surface area contributed by atoms with Crippen molar-refractivity contribution in [1.82, 2.24) is 19.9 Å². The summed E-state index contributed by atoms with van der Waals surface area (Å²) < 4.78 is 78.9. The molecule has 4 nitrogen and oxygen atoms in total. The van der Waals surface area contributed by atoms with Crippen LogP contribution >= 0.6 is 11.3 Å². The van der Waals surface area contributed by atoms with Gasteiger partial charge in [-0.2, -0.15) is 26.3 Å². The zero-order chi connectivity index (χ0) is 23.0. The van der Waals surface area contributed by atoms with Crippen molar-refractivity contribution in [2.45, 2.75) is 18.8 Å². The van der Waals surface area contributed by atoms with E-state index in [1.54, 1.807) is 25.2 Å². The zero-order valence-corrected chi connectivity index (χ0v) is 17.2. The van der Waals surface area contributed by atoms with Crippen LogP contribution in [0.1, 0.15) is 27.3 Å². The van der Waals surface area contributed by atoms with E-state index in [1.807, 2.05) is 0 Å². The van der Waals surface area contributed by atoms with E-state index in [-0.39, 0.29) is 29.4 Å². The van der Waals surface area contributed by atoms with Crippen molar-refractivity contribution in [3.05, 3.63) is 70.6 Å². The van der Waals surface area contributed by atoms with Gasteiger partial charge in [0.15, 0.2) is 0 Å². The summed E-state index contributed by atoms with van der Waals surface area (Å²) >= 11 is 1.25. The van der Waals surface area contributed by atoms with Gasteiger partial charge in [-0.25, -0.2) is 4.98 Å². The number of rotatable bonds is 5. The molecule has 2 aromatic heterocycles. The quantitative estimate of drug-likeness (QED) is 0.456. The second-order valence-corrected chi connectivity index (χ2v) is 7.84. The summed E-state index contributed by atoms with van der Waals surface area (Å²) in [5, 5.41) is 0.434. The van der Waals surface area contributed by atoms with Crippen molar-refractivity contribution in [2.75, 3.05) is 14.1 Å². The molecule has 0 aliphatic rings. The lowest BCUT2D eigenvalue weighted by molar-refractivity contribution is -0.143. The third kappa shape index (κ3) is 5.22. The average Bonchev–Trinajstić information content (AvgIpc) is 3.16. The van der Waals surface area contributed by atoms with Crippen molar-refractivity contribution < 1.29 is 26.3 Å². The number of thiazole rings is 1. The maximum Gasteiger partial charge on any atom is 0.416 e. The Morgan fingerprint density at radius 1 is 0.935 bits per heavy atom. The van der Waals surface area contributed by atoms with Crippen molar-refractivity contribution >= 4 is 17.0 Å². The van der Waals surface area contributed by atoms with Crippen LogP contribution in [0, 0.1) is 0 Å². The van der Waals surface area contributed by atoms with E-state index in [0.717, 1.165) is 4.88 Å². The van der Waals surface area contributed by atoms with Crippen LogP contribution in [0.25, 0.3) is 16.4 Å². The molecule has 11 heteroatoms. The molecule has 0 atom stereocenters. The van der Waals surface area contributed by atoms with Crippen LogP contribution in [-0.4, -0.2) is 33.9 Å². The lowest BCUT2D eigenvalue weighted by Gasteiger charge is -2.14. The van der Waals surface area contributed by atoms with Gasteiger partial charge in [-0.1, -0.05) is 6.58 Å². The highest BCUT2D eigenvalue weighted by atomic mass is 32.1. The third-order valence-electron chi connectivity index (χ3n) is 4.33. The summed E-state index contributed by atoms with van der Waals surface area (Å²) in [4.78, 5) is 15.1. The maximum absolute atomic E-state index is 13.1. The monoisotopic (exact) mass is 458 g/mol. The summed E-state index contributed by atoms with van der Waals surface area (Å²) in [5.41, 5.74) is -1.73. The lowest BCUT2D eigenvalue weighted by Crippen LogP contribution is -2.12. The van der Waals surface area contributed by atoms with Crippen molar-refractivity contribution in [3.8, 4) is 10.7 Å². The number of hydrogen-bond acceptors (Lipinski definition) is 5. The van der Waals surface area contributed by atoms with Crippen LogP contribution in [0.2, 0.25) is 0 Å². The molecule has 0 aliphatic heterocycles. The van der Waals surface area contributed by atoms with E-state index in [0.29, 0.717) is 22.8 Å². The highest BCUT2D eigenvalue weighted by molar-refractivity contribution is 7.16. The zero-order valence-electron chi connectivity index (χ0n) is 16.3. The van der Waals surface area contributed by atoms with E-state index >= 15 is 0 Å². The van der Waals surface area contributed by atoms with E-state index in [2.05, 4.69) is 21.5 Å². The molecule has 0 N–H and O–H groups in total. The molecule has 2 heterocycles. The standard InChI is InChI=1S/C20H16F6N4S/c1-11(30(2)3)16-10-29-18(31-16)17-15(27-4-5-28-17)8-12-6-13(19(21,22)23)9-14(7-12)20(24,25)26/h4-7,9-10H,1,8H2,2-3H3. The number of halogens is 6. The first-order chi connectivity index (χ1) is 14.4. The first-order valence-electron chi connectivity index (χ1n) is 8.77. The highest BCUT2D eigenvalue weighted by Crippen LogP contribution is 2.37. The minimum absolute atomic E-state index is 0.0983. The Hall–Kier alpha value is -2.95. The first-order valence-corrected chi connectivity index (χ1v) is 9.59. The SMILES string of the molecule is C=C(c1cnc(-c2nccnc2Cc2cc(C(F)(F)F)cc(C(F)(F)F)c2)s1)N(C)C. The predicted octanol–water partition coefficient (Wildman–Crippen LogP) is 5.76. The van der Waals surface area contributed by atoms with Gasteiger partial charge in [-0.05, 0) is 23.8 Å². The number of aromatic nitrogens is 3. The number of alkyl halides is 6. The average molecular weight is 458 g/mol. The lowest BCUT2D eigenvalue weighted by atomic mass is 10.0. The van der Waals surface area contributed by atoms with Crippen LogP contribution in [-0.2, 0) is 18.8 Å². The first kappa shape index (κ1) is 22.7. The summed E-state index contributed by atoms with van der Waals surface area (Å²) in [6.45, 7) is 3.93. The summed E-state index contributed by atoms with van der Waals surface area (Å²) in [6, 6.07) is 1.48. The number of hydrogen-bond donors (Lipinski definition) is 0. The molecule has 1 aromatic carbocycles. The van der Waals surface area contributed by atoms with Crippen LogP contribution in [0.4, 0.5) is 26.3 Å². The van der Waals surface area contributed by atoms with Gasteiger partial charge in [0.25, 0.3) is 0 Å². The van der Waals surface area contributed by atoms with Crippen LogP contribution < -0.4 is 0 Å². The fourth-order valence-electron chi connectivity index (χ4n) is 2.73. The topological polar surface area (TPSA) is 41.9 Å². The fraction of sp³-hybridized carbons (Fsp3) is 0.250. The largest absolute Gasteiger partial charge is 0.416 e. The molecular weight excluding hydrogens is 442 g/mol. The van der Waals surface area contributed by atoms with Crippen LogP contribution in [0.3, 0.4) is 0 Å². The number of nitrogens with zero attached hydrogens (tertiary/aromatic N) is 4. The Kier molecular flexibility index (Phi) is 6.08. The van der Waals surface area contributed by atoms with Gasteiger partial charge in [-0.3, -0.25) is 9.97 Å². The third-order valence-corrected chi connectivity index (χ3v) is 5.38. The van der Waals surface area contributed by atoms with Gasteiger partial charge in [0.2, 0.25) is 0 Å². The van der Waals surface area contributed by atoms with Crippen molar-refractivity contribution in [1.29, 1.82) is 0 Å². The Balaban J connectivity index is 2.03. The molecule has 0 fully saturated rings. The molecule has 0 saturated heterocycles. The van der Waals surface area contributed by atoms with Gasteiger partial charge in [0.1, 0.15) is 10.7 Å². The molecule has 0 aliphatic carbocycles. The predicted molar refractivity (Wildman–Crippen MR) is 105 cm³/mol. The van der Waals surface area contributed by atoms with E-state index < -0.39 is 23.5 Å². The molecule has 3 rings (SSSR count). The van der Waals surface area contributed by atoms with E-state index in [9.17, 15) is 26.3 Å². The van der Waals surface area contributed by atoms with Crippen LogP contribution in [0.5, 0.6) is 0 Å². The Labute approximate surface area is 177 Å². The number of benzene rings is 1. The van der Waals surface area contributed by atoms with Gasteiger partial charge >= 0.3 is 12.4 Å². The van der Waals surface area contributed by atoms with Gasteiger partial charge < -0.3 is 4.90 Å². The summed E-state index contributed by atoms with van der Waals surface area (Å²) in [5.74, 6) is 0. The minimum Gasteiger partial charge on any atom is -0.377 e. The summed E-state index contributed by atoms with van der Waals surface area (Å²) in [7, 11) is 3.61. The highest BCUT2D eigenvalue weighted by Gasteiger charge is 2.37. The molecule has 0 unspecified atom stereocenters. The minimum atomic E-state index is -4.92. The summed E-state index contributed by atoms with van der Waals surface area (Å²) in [6.07, 6.45) is -5.83. The fourth-order valence-corrected chi connectivity index (χ4v) is 3.71. The van der Waals surface area contributed by atoms with Gasteiger partial charge in [0, 0.05) is 44.8 Å². The van der Waals surface area contributed by atoms with Crippen molar-refractivity contribution in [2.24, 2.45) is 0 Å². The molecule has 0 spiro atoms. The van der Waals surface area contributed by atoms with Crippen LogP contribution in [0.15, 0.2) is 43.4 Å². The molecule has 0 bridgehead atoms. The Bertz CT molecular complexity index is 1070. The maximum atomic E-state index is 13.1. The molecule has 0 saturated carbocycles. The second kappa shape index (κ2) is 8.29. The van der Waals surface area contributed by atoms with Crippen molar-refractivity contribution in [3.63, 3.8) is 0 Å². The van der Waals surface area contributed by atoms with Gasteiger partial charge in [0.05, 0.1) is 21.7 Å². The molecular formula is C20H16F6N4S. The Morgan fingerprint density at radius 3 is 2.06 bits per heavy atom. The van der Waals surface area contributed by atoms with E-state index in [4.69, 9.17) is 0 Å². The molecule has 3 aromatic rings. The molecule has 0 radical (unpaired) electrons.